The maximum Gasteiger partial charge on any atom is 0.239 e. The fourth-order valence-corrected chi connectivity index (χ4v) is 1.14. The van der Waals surface area contributed by atoms with E-state index in [2.05, 4.69) is 10.3 Å². The summed E-state index contributed by atoms with van der Waals surface area (Å²) in [4.78, 5) is 14.9. The SMILES string of the molecule is CC(NC1=NCCCC1)C(N)=O. The van der Waals surface area contributed by atoms with Gasteiger partial charge in [0.2, 0.25) is 5.91 Å². The minimum absolute atomic E-state index is 0.304. The number of nitrogens with one attached hydrogen (secondary N) is 1. The molecule has 1 rings (SSSR count). The Morgan fingerprint density at radius 2 is 2.42 bits per heavy atom. The van der Waals surface area contributed by atoms with Gasteiger partial charge in [0.1, 0.15) is 6.04 Å². The number of nitrogens with zero attached hydrogens (tertiary/aromatic N) is 1. The van der Waals surface area contributed by atoms with Crippen LogP contribution in [0.15, 0.2) is 4.99 Å². The van der Waals surface area contributed by atoms with E-state index in [0.717, 1.165) is 31.6 Å². The number of aliphatic imine (C=N–C) groups is 1. The molecular formula is C8H15N3O. The van der Waals surface area contributed by atoms with Gasteiger partial charge in [-0.2, -0.15) is 0 Å². The van der Waals surface area contributed by atoms with Crippen molar-refractivity contribution in [3.8, 4) is 0 Å². The van der Waals surface area contributed by atoms with Gasteiger partial charge >= 0.3 is 0 Å². The Hall–Kier alpha value is -1.06. The molecule has 1 aliphatic heterocycles. The zero-order valence-electron chi connectivity index (χ0n) is 7.34. The van der Waals surface area contributed by atoms with Crippen LogP contribution in [0.25, 0.3) is 0 Å². The summed E-state index contributed by atoms with van der Waals surface area (Å²) in [6.07, 6.45) is 3.24. The van der Waals surface area contributed by atoms with Gasteiger partial charge in [0.05, 0.1) is 5.84 Å². The molecule has 68 valence electrons. The first-order chi connectivity index (χ1) is 5.70. The smallest absolute Gasteiger partial charge is 0.239 e. The summed E-state index contributed by atoms with van der Waals surface area (Å²) >= 11 is 0. The van der Waals surface area contributed by atoms with E-state index in [-0.39, 0.29) is 11.9 Å². The third-order valence-electron chi connectivity index (χ3n) is 1.93. The number of rotatable bonds is 2. The van der Waals surface area contributed by atoms with Crippen molar-refractivity contribution in [1.82, 2.24) is 5.32 Å². The maximum absolute atomic E-state index is 10.7. The van der Waals surface area contributed by atoms with E-state index in [0.29, 0.717) is 0 Å². The van der Waals surface area contributed by atoms with Crippen molar-refractivity contribution in [3.05, 3.63) is 0 Å². The number of nitrogens with two attached hydrogens (primary N) is 1. The van der Waals surface area contributed by atoms with E-state index < -0.39 is 0 Å². The second kappa shape index (κ2) is 4.09. The Bertz CT molecular complexity index is 200. The molecule has 0 bridgehead atoms. The predicted octanol–water partition coefficient (Wildman–Crippen LogP) is 0.0322. The van der Waals surface area contributed by atoms with Crippen LogP contribution in [0.4, 0.5) is 0 Å². The van der Waals surface area contributed by atoms with E-state index >= 15 is 0 Å². The van der Waals surface area contributed by atoms with Crippen LogP contribution in [0, 0.1) is 0 Å². The van der Waals surface area contributed by atoms with Crippen LogP contribution < -0.4 is 11.1 Å². The summed E-state index contributed by atoms with van der Waals surface area (Å²) in [5.41, 5.74) is 5.10. The lowest BCUT2D eigenvalue weighted by molar-refractivity contribution is -0.119. The van der Waals surface area contributed by atoms with Gasteiger partial charge in [0.15, 0.2) is 0 Å². The molecule has 0 saturated heterocycles. The second-order valence-corrected chi connectivity index (χ2v) is 3.05. The molecule has 1 aliphatic rings. The number of hydrogen-bond donors (Lipinski definition) is 2. The number of amides is 1. The van der Waals surface area contributed by atoms with Gasteiger partial charge in [0.25, 0.3) is 0 Å². The summed E-state index contributed by atoms with van der Waals surface area (Å²) < 4.78 is 0. The predicted molar refractivity (Wildman–Crippen MR) is 47.9 cm³/mol. The highest BCUT2D eigenvalue weighted by Crippen LogP contribution is 2.04. The highest BCUT2D eigenvalue weighted by atomic mass is 16.1. The molecule has 0 fully saturated rings. The molecule has 1 amide bonds. The van der Waals surface area contributed by atoms with Crippen molar-refractivity contribution in [2.24, 2.45) is 10.7 Å². The monoisotopic (exact) mass is 169 g/mol. The highest BCUT2D eigenvalue weighted by Gasteiger charge is 2.11. The standard InChI is InChI=1S/C8H15N3O/c1-6(8(9)12)11-7-4-2-3-5-10-7/h6H,2-5H2,1H3,(H2,9,12)(H,10,11). The lowest BCUT2D eigenvalue weighted by Gasteiger charge is -2.16. The Morgan fingerprint density at radius 3 is 2.92 bits per heavy atom. The molecule has 1 unspecified atom stereocenters. The van der Waals surface area contributed by atoms with E-state index in [1.165, 1.54) is 0 Å². The van der Waals surface area contributed by atoms with Crippen molar-refractivity contribution >= 4 is 11.7 Å². The number of hydrogen-bond acceptors (Lipinski definition) is 3. The molecule has 0 aromatic carbocycles. The summed E-state index contributed by atoms with van der Waals surface area (Å²) in [7, 11) is 0. The quantitative estimate of drug-likeness (QED) is 0.612. The van der Waals surface area contributed by atoms with E-state index in [4.69, 9.17) is 5.73 Å². The summed E-state index contributed by atoms with van der Waals surface area (Å²) in [6, 6.07) is -0.304. The average molecular weight is 169 g/mol. The topological polar surface area (TPSA) is 67.5 Å². The third kappa shape index (κ3) is 2.53. The molecule has 4 heteroatoms. The normalized spacial score (nSPS) is 19.6. The van der Waals surface area contributed by atoms with Crippen LogP contribution in [0.1, 0.15) is 26.2 Å². The van der Waals surface area contributed by atoms with Gasteiger partial charge < -0.3 is 11.1 Å². The molecule has 0 aromatic rings. The number of primary amides is 1. The third-order valence-corrected chi connectivity index (χ3v) is 1.93. The van der Waals surface area contributed by atoms with Gasteiger partial charge in [-0.1, -0.05) is 0 Å². The Morgan fingerprint density at radius 1 is 1.67 bits per heavy atom. The molecule has 3 N–H and O–H groups in total. The Kier molecular flexibility index (Phi) is 3.08. The fourth-order valence-electron chi connectivity index (χ4n) is 1.14. The molecule has 0 saturated carbocycles. The first kappa shape index (κ1) is 9.03. The van der Waals surface area contributed by atoms with Crippen LogP contribution in [0.2, 0.25) is 0 Å². The zero-order chi connectivity index (χ0) is 8.97. The van der Waals surface area contributed by atoms with Crippen molar-refractivity contribution in [1.29, 1.82) is 0 Å². The van der Waals surface area contributed by atoms with Crippen LogP contribution in [-0.4, -0.2) is 24.3 Å². The molecule has 0 radical (unpaired) electrons. The summed E-state index contributed by atoms with van der Waals surface area (Å²) in [5.74, 6) is 0.593. The lowest BCUT2D eigenvalue weighted by atomic mass is 10.1. The van der Waals surface area contributed by atoms with Gasteiger partial charge in [-0.05, 0) is 19.8 Å². The molecular weight excluding hydrogens is 154 g/mol. The van der Waals surface area contributed by atoms with Crippen molar-refractivity contribution < 1.29 is 4.79 Å². The Balaban J connectivity index is 2.39. The molecule has 1 heterocycles. The van der Waals surface area contributed by atoms with Crippen LogP contribution in [0.5, 0.6) is 0 Å². The zero-order valence-corrected chi connectivity index (χ0v) is 7.34. The molecule has 1 atom stereocenters. The molecule has 0 spiro atoms. The Labute approximate surface area is 72.2 Å². The summed E-state index contributed by atoms with van der Waals surface area (Å²) in [6.45, 7) is 2.62. The summed E-state index contributed by atoms with van der Waals surface area (Å²) in [5, 5.41) is 2.99. The van der Waals surface area contributed by atoms with Gasteiger partial charge in [0, 0.05) is 13.0 Å². The highest BCUT2D eigenvalue weighted by molar-refractivity contribution is 5.89. The lowest BCUT2D eigenvalue weighted by Crippen LogP contribution is -2.42. The van der Waals surface area contributed by atoms with E-state index in [1.807, 2.05) is 0 Å². The van der Waals surface area contributed by atoms with E-state index in [9.17, 15) is 4.79 Å². The first-order valence-corrected chi connectivity index (χ1v) is 4.29. The molecule has 4 nitrogen and oxygen atoms in total. The first-order valence-electron chi connectivity index (χ1n) is 4.29. The van der Waals surface area contributed by atoms with Gasteiger partial charge in [-0.15, -0.1) is 0 Å². The minimum Gasteiger partial charge on any atom is -0.368 e. The molecule has 12 heavy (non-hydrogen) atoms. The number of amidine groups is 1. The van der Waals surface area contributed by atoms with Crippen molar-refractivity contribution in [2.45, 2.75) is 32.2 Å². The van der Waals surface area contributed by atoms with Gasteiger partial charge in [-0.3, -0.25) is 9.79 Å². The number of carbonyl (C=O) groups is 1. The number of carbonyl (C=O) groups excluding carboxylic acids is 1. The largest absolute Gasteiger partial charge is 0.368 e. The van der Waals surface area contributed by atoms with Crippen LogP contribution >= 0.6 is 0 Å². The maximum atomic E-state index is 10.7. The van der Waals surface area contributed by atoms with Crippen LogP contribution in [0.3, 0.4) is 0 Å². The van der Waals surface area contributed by atoms with Gasteiger partial charge in [-0.25, -0.2) is 0 Å². The van der Waals surface area contributed by atoms with E-state index in [1.54, 1.807) is 6.92 Å². The second-order valence-electron chi connectivity index (χ2n) is 3.05. The average Bonchev–Trinajstić information content (AvgIpc) is 2.06. The van der Waals surface area contributed by atoms with Crippen molar-refractivity contribution in [3.63, 3.8) is 0 Å². The molecule has 0 aliphatic carbocycles. The van der Waals surface area contributed by atoms with Crippen molar-refractivity contribution in [2.75, 3.05) is 6.54 Å². The fraction of sp³-hybridized carbons (Fsp3) is 0.750. The van der Waals surface area contributed by atoms with Crippen LogP contribution in [-0.2, 0) is 4.79 Å². The molecule has 0 aromatic heterocycles. The minimum atomic E-state index is -0.330.